The average Bonchev–Trinajstić information content (AvgIpc) is 2.30. The summed E-state index contributed by atoms with van der Waals surface area (Å²) in [5.74, 6) is 0.662. The van der Waals surface area contributed by atoms with Crippen LogP contribution in [0, 0.1) is 0 Å². The molecule has 0 bridgehead atoms. The lowest BCUT2D eigenvalue weighted by molar-refractivity contribution is 0.613. The Bertz CT molecular complexity index is 437. The van der Waals surface area contributed by atoms with Gasteiger partial charge in [-0.3, -0.25) is 4.90 Å². The highest BCUT2D eigenvalue weighted by Gasteiger charge is 2.24. The molecule has 90 valence electrons. The summed E-state index contributed by atoms with van der Waals surface area (Å²) < 4.78 is 0. The van der Waals surface area contributed by atoms with E-state index in [0.717, 1.165) is 18.5 Å². The number of anilines is 1. The number of nitrogens with zero attached hydrogens (tertiary/aromatic N) is 3. The Labute approximate surface area is 101 Å². The van der Waals surface area contributed by atoms with Crippen LogP contribution in [0.15, 0.2) is 40.3 Å². The third-order valence-corrected chi connectivity index (χ3v) is 2.64. The van der Waals surface area contributed by atoms with Crippen molar-refractivity contribution in [3.05, 3.63) is 30.3 Å². The second kappa shape index (κ2) is 4.86. The first kappa shape index (κ1) is 11.4. The quantitative estimate of drug-likeness (QED) is 0.821. The maximum atomic E-state index is 5.94. The molecule has 5 nitrogen and oxygen atoms in total. The molecule has 0 fully saturated rings. The Balaban J connectivity index is 2.34. The molecule has 1 unspecified atom stereocenters. The van der Waals surface area contributed by atoms with E-state index in [1.165, 1.54) is 0 Å². The number of nitrogens with two attached hydrogens (primary N) is 2. The average molecular weight is 231 g/mol. The Hall–Kier alpha value is -2.04. The largest absolute Gasteiger partial charge is 0.369 e. The molecule has 0 saturated heterocycles. The highest BCUT2D eigenvalue weighted by molar-refractivity contribution is 6.04. The van der Waals surface area contributed by atoms with E-state index in [1.54, 1.807) is 0 Å². The number of aliphatic imine (C=N–C) groups is 2. The molecule has 0 spiro atoms. The second-order valence-corrected chi connectivity index (χ2v) is 3.93. The fourth-order valence-electron chi connectivity index (χ4n) is 1.91. The van der Waals surface area contributed by atoms with Crippen molar-refractivity contribution in [2.45, 2.75) is 25.9 Å². The molecule has 5 heteroatoms. The Kier molecular flexibility index (Phi) is 3.27. The lowest BCUT2D eigenvalue weighted by atomic mass is 10.2. The molecule has 2 rings (SSSR count). The van der Waals surface area contributed by atoms with Crippen molar-refractivity contribution >= 4 is 17.6 Å². The monoisotopic (exact) mass is 231 g/mol. The van der Waals surface area contributed by atoms with Gasteiger partial charge in [0.1, 0.15) is 6.17 Å². The van der Waals surface area contributed by atoms with E-state index >= 15 is 0 Å². The lowest BCUT2D eigenvalue weighted by Crippen LogP contribution is -2.48. The van der Waals surface area contributed by atoms with Crippen molar-refractivity contribution in [2.24, 2.45) is 21.5 Å². The molecule has 1 aromatic rings. The van der Waals surface area contributed by atoms with Crippen LogP contribution in [0.4, 0.5) is 5.69 Å². The van der Waals surface area contributed by atoms with Crippen LogP contribution in [0.25, 0.3) is 0 Å². The van der Waals surface area contributed by atoms with E-state index in [-0.39, 0.29) is 12.1 Å². The number of rotatable bonds is 3. The number of benzene rings is 1. The first-order valence-electron chi connectivity index (χ1n) is 5.74. The maximum Gasteiger partial charge on any atom is 0.220 e. The normalized spacial score (nSPS) is 19.8. The van der Waals surface area contributed by atoms with Crippen LogP contribution in [-0.4, -0.2) is 18.1 Å². The van der Waals surface area contributed by atoms with Gasteiger partial charge in [0.05, 0.1) is 0 Å². The minimum atomic E-state index is -0.0556. The van der Waals surface area contributed by atoms with E-state index in [2.05, 4.69) is 16.9 Å². The number of hydrogen-bond donors (Lipinski definition) is 2. The molecule has 1 heterocycles. The Morgan fingerprint density at radius 1 is 1.24 bits per heavy atom. The summed E-state index contributed by atoms with van der Waals surface area (Å²) in [6.45, 7) is 2.11. The SMILES string of the molecule is CCCC1N=C(N)N=C(N)N1c1ccccc1. The molecular weight excluding hydrogens is 214 g/mol. The van der Waals surface area contributed by atoms with Crippen LogP contribution in [0.1, 0.15) is 19.8 Å². The molecule has 1 aromatic carbocycles. The highest BCUT2D eigenvalue weighted by Crippen LogP contribution is 2.21. The fraction of sp³-hybridized carbons (Fsp3) is 0.333. The molecule has 0 aliphatic carbocycles. The van der Waals surface area contributed by atoms with Gasteiger partial charge in [-0.2, -0.15) is 4.99 Å². The summed E-state index contributed by atoms with van der Waals surface area (Å²) in [5.41, 5.74) is 12.6. The van der Waals surface area contributed by atoms with Gasteiger partial charge in [0.15, 0.2) is 0 Å². The molecule has 0 aromatic heterocycles. The van der Waals surface area contributed by atoms with E-state index in [0.29, 0.717) is 5.96 Å². The zero-order chi connectivity index (χ0) is 12.3. The van der Waals surface area contributed by atoms with E-state index in [1.807, 2.05) is 35.2 Å². The van der Waals surface area contributed by atoms with Gasteiger partial charge in [0.2, 0.25) is 11.9 Å². The van der Waals surface area contributed by atoms with E-state index in [9.17, 15) is 0 Å². The summed E-state index contributed by atoms with van der Waals surface area (Å²) in [5, 5.41) is 0. The zero-order valence-corrected chi connectivity index (χ0v) is 9.87. The lowest BCUT2D eigenvalue weighted by Gasteiger charge is -2.32. The molecule has 1 aliphatic heterocycles. The van der Waals surface area contributed by atoms with Crippen molar-refractivity contribution in [3.8, 4) is 0 Å². The van der Waals surface area contributed by atoms with Crippen LogP contribution >= 0.6 is 0 Å². The molecule has 0 radical (unpaired) electrons. The van der Waals surface area contributed by atoms with Crippen molar-refractivity contribution in [2.75, 3.05) is 4.90 Å². The fourth-order valence-corrected chi connectivity index (χ4v) is 1.91. The zero-order valence-electron chi connectivity index (χ0n) is 9.87. The van der Waals surface area contributed by atoms with Crippen molar-refractivity contribution in [3.63, 3.8) is 0 Å². The standard InChI is InChI=1S/C12H17N5/c1-2-6-10-15-11(13)16-12(14)17(10)9-7-4-3-5-8-9/h3-5,7-8,10H,2,6H2,1H3,(H4,13,14,15,16). The second-order valence-electron chi connectivity index (χ2n) is 3.93. The van der Waals surface area contributed by atoms with E-state index in [4.69, 9.17) is 11.5 Å². The topological polar surface area (TPSA) is 80.0 Å². The molecule has 4 N–H and O–H groups in total. The van der Waals surface area contributed by atoms with Gasteiger partial charge in [-0.05, 0) is 18.6 Å². The minimum Gasteiger partial charge on any atom is -0.369 e. The summed E-state index contributed by atoms with van der Waals surface area (Å²) in [7, 11) is 0. The van der Waals surface area contributed by atoms with Gasteiger partial charge in [-0.15, -0.1) is 0 Å². The number of guanidine groups is 2. The summed E-state index contributed by atoms with van der Waals surface area (Å²) in [6.07, 6.45) is 1.85. The van der Waals surface area contributed by atoms with Crippen LogP contribution in [-0.2, 0) is 0 Å². The smallest absolute Gasteiger partial charge is 0.220 e. The van der Waals surface area contributed by atoms with Crippen molar-refractivity contribution in [1.82, 2.24) is 0 Å². The first-order valence-corrected chi connectivity index (χ1v) is 5.74. The Morgan fingerprint density at radius 2 is 1.94 bits per heavy atom. The van der Waals surface area contributed by atoms with Crippen LogP contribution in [0.3, 0.4) is 0 Å². The van der Waals surface area contributed by atoms with Gasteiger partial charge < -0.3 is 11.5 Å². The molecule has 1 atom stereocenters. The van der Waals surface area contributed by atoms with Crippen LogP contribution < -0.4 is 16.4 Å². The van der Waals surface area contributed by atoms with Gasteiger partial charge >= 0.3 is 0 Å². The third kappa shape index (κ3) is 2.38. The highest BCUT2D eigenvalue weighted by atomic mass is 15.4. The van der Waals surface area contributed by atoms with Crippen LogP contribution in [0.2, 0.25) is 0 Å². The third-order valence-electron chi connectivity index (χ3n) is 2.64. The van der Waals surface area contributed by atoms with Crippen molar-refractivity contribution in [1.29, 1.82) is 0 Å². The van der Waals surface area contributed by atoms with Gasteiger partial charge in [-0.25, -0.2) is 4.99 Å². The molecule has 17 heavy (non-hydrogen) atoms. The summed E-state index contributed by atoms with van der Waals surface area (Å²) in [4.78, 5) is 10.3. The summed E-state index contributed by atoms with van der Waals surface area (Å²) in [6, 6.07) is 9.87. The predicted molar refractivity (Wildman–Crippen MR) is 70.9 cm³/mol. The summed E-state index contributed by atoms with van der Waals surface area (Å²) >= 11 is 0. The van der Waals surface area contributed by atoms with E-state index < -0.39 is 0 Å². The van der Waals surface area contributed by atoms with Gasteiger partial charge in [0, 0.05) is 5.69 Å². The molecular formula is C12H17N5. The first-order chi connectivity index (χ1) is 8.22. The van der Waals surface area contributed by atoms with Crippen LogP contribution in [0.5, 0.6) is 0 Å². The minimum absolute atomic E-state index is 0.0556. The molecule has 0 amide bonds. The van der Waals surface area contributed by atoms with Gasteiger partial charge in [-0.1, -0.05) is 31.5 Å². The predicted octanol–water partition coefficient (Wildman–Crippen LogP) is 1.26. The molecule has 0 saturated carbocycles. The van der Waals surface area contributed by atoms with Gasteiger partial charge in [0.25, 0.3) is 0 Å². The van der Waals surface area contributed by atoms with Crippen molar-refractivity contribution < 1.29 is 0 Å². The maximum absolute atomic E-state index is 5.94. The number of para-hydroxylation sites is 1. The molecule has 1 aliphatic rings. The number of hydrogen-bond acceptors (Lipinski definition) is 5. The Morgan fingerprint density at radius 3 is 2.59 bits per heavy atom.